The van der Waals surface area contributed by atoms with Gasteiger partial charge >= 0.3 is 6.18 Å². The molecule has 0 aliphatic rings. The third kappa shape index (κ3) is 5.34. The normalized spacial score (nSPS) is 13.6. The van der Waals surface area contributed by atoms with Crippen LogP contribution in [0.25, 0.3) is 0 Å². The highest BCUT2D eigenvalue weighted by Gasteiger charge is 2.31. The molecule has 0 saturated heterocycles. The van der Waals surface area contributed by atoms with Gasteiger partial charge in [0.05, 0.1) is 11.7 Å². The van der Waals surface area contributed by atoms with Gasteiger partial charge in [-0.05, 0) is 24.5 Å². The number of hydrogen-bond acceptors (Lipinski definition) is 4. The Morgan fingerprint density at radius 3 is 2.53 bits per heavy atom. The largest absolute Gasteiger partial charge is 0.416 e. The van der Waals surface area contributed by atoms with Crippen LogP contribution in [-0.2, 0) is 6.18 Å². The molecule has 0 spiro atoms. The molecule has 0 aromatic carbocycles. The first-order valence-electron chi connectivity index (χ1n) is 5.95. The number of aromatic nitrogens is 1. The van der Waals surface area contributed by atoms with E-state index in [2.05, 4.69) is 10.3 Å². The van der Waals surface area contributed by atoms with E-state index in [1.165, 1.54) is 0 Å². The van der Waals surface area contributed by atoms with Gasteiger partial charge in [-0.15, -0.1) is 0 Å². The van der Waals surface area contributed by atoms with Crippen molar-refractivity contribution in [3.8, 4) is 0 Å². The Labute approximate surface area is 109 Å². The Morgan fingerprint density at radius 2 is 2.00 bits per heavy atom. The minimum atomic E-state index is -4.47. The molecule has 1 unspecified atom stereocenters. The molecule has 0 radical (unpaired) electrons. The number of nitrogens with one attached hydrogen (secondary N) is 1. The third-order valence-electron chi connectivity index (χ3n) is 2.43. The van der Waals surface area contributed by atoms with Crippen LogP contribution in [0.1, 0.15) is 25.8 Å². The second-order valence-corrected chi connectivity index (χ2v) is 4.83. The number of pyridine rings is 1. The average molecular weight is 277 g/mol. The summed E-state index contributed by atoms with van der Waals surface area (Å²) in [5.41, 5.74) is 4.47. The molecule has 1 aromatic rings. The van der Waals surface area contributed by atoms with Gasteiger partial charge in [0.2, 0.25) is 0 Å². The Bertz CT molecular complexity index is 421. The zero-order valence-corrected chi connectivity index (χ0v) is 10.8. The monoisotopic (exact) mass is 277 g/mol. The number of aliphatic hydroxyl groups is 1. The van der Waals surface area contributed by atoms with Crippen LogP contribution in [0.2, 0.25) is 0 Å². The summed E-state index contributed by atoms with van der Waals surface area (Å²) in [5, 5.41) is 12.3. The lowest BCUT2D eigenvalue weighted by molar-refractivity contribution is -0.137. The fourth-order valence-electron chi connectivity index (χ4n) is 1.66. The molecule has 0 amide bonds. The molecule has 1 atom stereocenters. The SMILES string of the molecule is CC(C)CC(O)CNc1cc(C(F)(F)F)cc(N)n1. The molecular weight excluding hydrogens is 259 g/mol. The molecule has 0 saturated carbocycles. The lowest BCUT2D eigenvalue weighted by Crippen LogP contribution is -2.22. The predicted molar refractivity (Wildman–Crippen MR) is 67.6 cm³/mol. The van der Waals surface area contributed by atoms with Crippen molar-refractivity contribution in [2.24, 2.45) is 5.92 Å². The van der Waals surface area contributed by atoms with Crippen molar-refractivity contribution in [2.45, 2.75) is 32.5 Å². The first-order chi connectivity index (χ1) is 8.68. The summed E-state index contributed by atoms with van der Waals surface area (Å²) in [4.78, 5) is 3.75. The van der Waals surface area contributed by atoms with Gasteiger partial charge in [-0.1, -0.05) is 13.8 Å². The van der Waals surface area contributed by atoms with Crippen molar-refractivity contribution in [2.75, 3.05) is 17.6 Å². The number of aliphatic hydroxyl groups excluding tert-OH is 1. The molecule has 1 aromatic heterocycles. The van der Waals surface area contributed by atoms with E-state index in [1.54, 1.807) is 0 Å². The average Bonchev–Trinajstić information content (AvgIpc) is 2.23. The van der Waals surface area contributed by atoms with Gasteiger partial charge in [-0.3, -0.25) is 0 Å². The second-order valence-electron chi connectivity index (χ2n) is 4.83. The van der Waals surface area contributed by atoms with Crippen LogP contribution < -0.4 is 11.1 Å². The zero-order chi connectivity index (χ0) is 14.6. The lowest BCUT2D eigenvalue weighted by atomic mass is 10.1. The van der Waals surface area contributed by atoms with Gasteiger partial charge in [0, 0.05) is 6.54 Å². The minimum absolute atomic E-state index is 0.00938. The van der Waals surface area contributed by atoms with Crippen molar-refractivity contribution in [1.82, 2.24) is 4.98 Å². The first kappa shape index (κ1) is 15.6. The molecule has 7 heteroatoms. The molecule has 1 rings (SSSR count). The summed E-state index contributed by atoms with van der Waals surface area (Å²) in [6, 6.07) is 1.65. The highest BCUT2D eigenvalue weighted by atomic mass is 19.4. The standard InChI is InChI=1S/C12H18F3N3O/c1-7(2)3-9(19)6-17-11-5-8(12(13,14)15)4-10(16)18-11/h4-5,7,9,19H,3,6H2,1-2H3,(H3,16,17,18). The van der Waals surface area contributed by atoms with Gasteiger partial charge < -0.3 is 16.2 Å². The summed E-state index contributed by atoms with van der Waals surface area (Å²) >= 11 is 0. The number of alkyl halides is 3. The molecule has 0 aliphatic carbocycles. The van der Waals surface area contributed by atoms with E-state index in [-0.39, 0.29) is 18.2 Å². The molecule has 108 valence electrons. The number of nitrogen functional groups attached to an aromatic ring is 1. The molecule has 0 aliphatic heterocycles. The van der Waals surface area contributed by atoms with Crippen molar-refractivity contribution in [1.29, 1.82) is 0 Å². The van der Waals surface area contributed by atoms with Crippen LogP contribution in [0.15, 0.2) is 12.1 Å². The van der Waals surface area contributed by atoms with Gasteiger partial charge in [-0.2, -0.15) is 13.2 Å². The van der Waals surface area contributed by atoms with Crippen molar-refractivity contribution in [3.05, 3.63) is 17.7 Å². The van der Waals surface area contributed by atoms with Crippen LogP contribution in [-0.4, -0.2) is 22.7 Å². The molecule has 4 nitrogen and oxygen atoms in total. The Kier molecular flexibility index (Phi) is 4.99. The Hall–Kier alpha value is -1.50. The maximum Gasteiger partial charge on any atom is 0.416 e. The summed E-state index contributed by atoms with van der Waals surface area (Å²) in [5.74, 6) is 0.0992. The number of hydrogen-bond donors (Lipinski definition) is 3. The quantitative estimate of drug-likeness (QED) is 0.773. The van der Waals surface area contributed by atoms with Crippen LogP contribution in [0, 0.1) is 5.92 Å². The van der Waals surface area contributed by atoms with Crippen molar-refractivity contribution >= 4 is 11.6 Å². The van der Waals surface area contributed by atoms with E-state index >= 15 is 0 Å². The summed E-state index contributed by atoms with van der Waals surface area (Å²) in [6.07, 6.45) is -4.55. The van der Waals surface area contributed by atoms with E-state index in [0.717, 1.165) is 12.1 Å². The van der Waals surface area contributed by atoms with E-state index in [0.29, 0.717) is 12.3 Å². The summed E-state index contributed by atoms with van der Waals surface area (Å²) in [7, 11) is 0. The lowest BCUT2D eigenvalue weighted by Gasteiger charge is -2.15. The molecule has 0 fully saturated rings. The molecule has 1 heterocycles. The van der Waals surface area contributed by atoms with Crippen molar-refractivity contribution < 1.29 is 18.3 Å². The highest BCUT2D eigenvalue weighted by molar-refractivity contribution is 5.47. The summed E-state index contributed by atoms with van der Waals surface area (Å²) in [6.45, 7) is 4.03. The number of anilines is 2. The molecule has 0 bridgehead atoms. The van der Waals surface area contributed by atoms with Gasteiger partial charge in [-0.25, -0.2) is 4.98 Å². The topological polar surface area (TPSA) is 71.2 Å². The molecule has 4 N–H and O–H groups in total. The number of nitrogens with two attached hydrogens (primary N) is 1. The predicted octanol–water partition coefficient (Wildman–Crippen LogP) is 2.50. The van der Waals surface area contributed by atoms with Crippen molar-refractivity contribution in [3.63, 3.8) is 0 Å². The smallest absolute Gasteiger partial charge is 0.391 e. The maximum absolute atomic E-state index is 12.6. The molecular formula is C12H18F3N3O. The first-order valence-corrected chi connectivity index (χ1v) is 5.95. The fraction of sp³-hybridized carbons (Fsp3) is 0.583. The summed E-state index contributed by atoms with van der Waals surface area (Å²) < 4.78 is 37.7. The van der Waals surface area contributed by atoms with Gasteiger partial charge in [0.1, 0.15) is 11.6 Å². The fourth-order valence-corrected chi connectivity index (χ4v) is 1.66. The van der Waals surface area contributed by atoms with E-state index in [9.17, 15) is 18.3 Å². The third-order valence-corrected chi connectivity index (χ3v) is 2.43. The Morgan fingerprint density at radius 1 is 1.37 bits per heavy atom. The second kappa shape index (κ2) is 6.10. The maximum atomic E-state index is 12.6. The van der Waals surface area contributed by atoms with Gasteiger partial charge in [0.15, 0.2) is 0 Å². The van der Waals surface area contributed by atoms with E-state index < -0.39 is 17.8 Å². The van der Waals surface area contributed by atoms with Crippen LogP contribution in [0.4, 0.5) is 24.8 Å². The number of nitrogens with zero attached hydrogens (tertiary/aromatic N) is 1. The van der Waals surface area contributed by atoms with Crippen LogP contribution >= 0.6 is 0 Å². The van der Waals surface area contributed by atoms with E-state index in [1.807, 2.05) is 13.8 Å². The Balaban J connectivity index is 2.71. The number of rotatable bonds is 5. The van der Waals surface area contributed by atoms with E-state index in [4.69, 9.17) is 5.73 Å². The minimum Gasteiger partial charge on any atom is -0.391 e. The number of halogens is 3. The highest BCUT2D eigenvalue weighted by Crippen LogP contribution is 2.31. The molecule has 19 heavy (non-hydrogen) atoms. The van der Waals surface area contributed by atoms with Gasteiger partial charge in [0.25, 0.3) is 0 Å². The zero-order valence-electron chi connectivity index (χ0n) is 10.8. The van der Waals surface area contributed by atoms with Crippen LogP contribution in [0.5, 0.6) is 0 Å². The van der Waals surface area contributed by atoms with Crippen LogP contribution in [0.3, 0.4) is 0 Å².